The SMILES string of the molecule is C=C(CCl)C(C(=O)OCN1C(=O)c2ccccc2C1=O)N1C(=O)C2N=C(COc3ccccc3)SC21. The molecule has 3 aliphatic heterocycles. The second kappa shape index (κ2) is 9.79. The maximum atomic E-state index is 13.1. The minimum absolute atomic E-state index is 0.0938. The number of thioether (sulfide) groups is 1. The fourth-order valence-electron chi connectivity index (χ4n) is 4.16. The molecular formula is C25H20ClN3O6S. The number of para-hydroxylation sites is 1. The van der Waals surface area contributed by atoms with Crippen molar-refractivity contribution in [1.29, 1.82) is 0 Å². The molecular weight excluding hydrogens is 506 g/mol. The summed E-state index contributed by atoms with van der Waals surface area (Å²) < 4.78 is 11.1. The van der Waals surface area contributed by atoms with Gasteiger partial charge >= 0.3 is 5.97 Å². The Labute approximate surface area is 215 Å². The molecule has 2 aromatic rings. The van der Waals surface area contributed by atoms with Gasteiger partial charge in [-0.15, -0.1) is 11.6 Å². The van der Waals surface area contributed by atoms with E-state index in [1.54, 1.807) is 12.1 Å². The first-order valence-corrected chi connectivity index (χ1v) is 12.4. The number of fused-ring (bicyclic) bond motifs is 2. The maximum absolute atomic E-state index is 13.1. The molecule has 36 heavy (non-hydrogen) atoms. The monoisotopic (exact) mass is 525 g/mol. The second-order valence-corrected chi connectivity index (χ2v) is 9.65. The molecule has 3 aliphatic rings. The fraction of sp³-hybridized carbons (Fsp3) is 0.240. The highest BCUT2D eigenvalue weighted by Gasteiger charge is 2.57. The molecule has 0 spiro atoms. The van der Waals surface area contributed by atoms with Crippen molar-refractivity contribution >= 4 is 52.1 Å². The summed E-state index contributed by atoms with van der Waals surface area (Å²) in [6.07, 6.45) is 0. The van der Waals surface area contributed by atoms with Gasteiger partial charge in [0, 0.05) is 5.88 Å². The number of imide groups is 1. The van der Waals surface area contributed by atoms with E-state index in [1.165, 1.54) is 28.8 Å². The Morgan fingerprint density at radius 3 is 2.33 bits per heavy atom. The number of aliphatic imine (C=N–C) groups is 1. The Morgan fingerprint density at radius 2 is 1.69 bits per heavy atom. The Balaban J connectivity index is 1.24. The lowest BCUT2D eigenvalue weighted by atomic mass is 10.00. The Kier molecular flexibility index (Phi) is 6.55. The lowest BCUT2D eigenvalue weighted by Crippen LogP contribution is -2.66. The number of benzene rings is 2. The van der Waals surface area contributed by atoms with Crippen LogP contribution in [0.4, 0.5) is 0 Å². The van der Waals surface area contributed by atoms with Crippen molar-refractivity contribution in [2.75, 3.05) is 19.2 Å². The largest absolute Gasteiger partial charge is 0.487 e. The van der Waals surface area contributed by atoms with Crippen molar-refractivity contribution in [2.24, 2.45) is 4.99 Å². The van der Waals surface area contributed by atoms with E-state index in [2.05, 4.69) is 11.6 Å². The number of esters is 1. The molecule has 0 saturated carbocycles. The van der Waals surface area contributed by atoms with E-state index in [9.17, 15) is 19.2 Å². The van der Waals surface area contributed by atoms with E-state index in [-0.39, 0.29) is 35.1 Å². The van der Waals surface area contributed by atoms with Gasteiger partial charge in [0.2, 0.25) is 0 Å². The van der Waals surface area contributed by atoms with Crippen LogP contribution in [0.1, 0.15) is 20.7 Å². The lowest BCUT2D eigenvalue weighted by molar-refractivity contribution is -0.162. The van der Waals surface area contributed by atoms with E-state index in [1.807, 2.05) is 30.3 Å². The molecule has 2 aromatic carbocycles. The molecule has 0 N–H and O–H groups in total. The van der Waals surface area contributed by atoms with Crippen LogP contribution < -0.4 is 4.74 Å². The van der Waals surface area contributed by atoms with Gasteiger partial charge in [0.05, 0.1) is 11.1 Å². The van der Waals surface area contributed by atoms with Crippen molar-refractivity contribution in [1.82, 2.24) is 9.80 Å². The number of hydrogen-bond acceptors (Lipinski definition) is 8. The summed E-state index contributed by atoms with van der Waals surface area (Å²) in [4.78, 5) is 57.7. The van der Waals surface area contributed by atoms with Crippen molar-refractivity contribution in [2.45, 2.75) is 17.5 Å². The number of β-lactam (4-membered cyclic amide) rings is 1. The summed E-state index contributed by atoms with van der Waals surface area (Å²) >= 11 is 7.29. The molecule has 1 saturated heterocycles. The van der Waals surface area contributed by atoms with Crippen LogP contribution in [0.25, 0.3) is 0 Å². The van der Waals surface area contributed by atoms with Gasteiger partial charge in [0.15, 0.2) is 18.8 Å². The third kappa shape index (κ3) is 4.16. The molecule has 11 heteroatoms. The molecule has 1 fully saturated rings. The van der Waals surface area contributed by atoms with Crippen molar-refractivity contribution in [3.8, 4) is 5.75 Å². The maximum Gasteiger partial charge on any atom is 0.335 e. The fourth-order valence-corrected chi connectivity index (χ4v) is 5.53. The van der Waals surface area contributed by atoms with E-state index in [4.69, 9.17) is 21.1 Å². The first-order valence-electron chi connectivity index (χ1n) is 11.0. The predicted octanol–water partition coefficient (Wildman–Crippen LogP) is 2.71. The standard InChI is InChI=1S/C25H20ClN3O6S/c1-14(11-26)20(25(33)35-13-28-21(30)16-9-5-6-10-17(16)22(28)31)29-23(32)19-24(29)36-18(27-19)12-34-15-7-3-2-4-8-15/h2-10,19-20,24H,1,11-13H2. The molecule has 184 valence electrons. The van der Waals surface area contributed by atoms with Crippen LogP contribution in [-0.2, 0) is 14.3 Å². The van der Waals surface area contributed by atoms with Crippen LogP contribution >= 0.6 is 23.4 Å². The van der Waals surface area contributed by atoms with Crippen LogP contribution in [0, 0.1) is 0 Å². The van der Waals surface area contributed by atoms with Crippen LogP contribution in [0.2, 0.25) is 0 Å². The van der Waals surface area contributed by atoms with Gasteiger partial charge in [-0.2, -0.15) is 0 Å². The molecule has 3 heterocycles. The summed E-state index contributed by atoms with van der Waals surface area (Å²) in [5, 5.41) is 0.183. The Bertz CT molecular complexity index is 1260. The number of nitrogens with zero attached hydrogens (tertiary/aromatic N) is 3. The number of hydrogen-bond donors (Lipinski definition) is 0. The molecule has 3 unspecified atom stereocenters. The van der Waals surface area contributed by atoms with Crippen LogP contribution in [0.15, 0.2) is 71.7 Å². The molecule has 3 atom stereocenters. The van der Waals surface area contributed by atoms with Gasteiger partial charge in [-0.05, 0) is 29.8 Å². The average Bonchev–Trinajstić information content (AvgIpc) is 3.40. The highest BCUT2D eigenvalue weighted by Crippen LogP contribution is 2.42. The van der Waals surface area contributed by atoms with Gasteiger partial charge in [-0.1, -0.05) is 48.7 Å². The zero-order valence-electron chi connectivity index (χ0n) is 18.8. The van der Waals surface area contributed by atoms with Crippen LogP contribution in [0.5, 0.6) is 5.75 Å². The lowest BCUT2D eigenvalue weighted by Gasteiger charge is -2.45. The number of carbonyl (C=O) groups is 4. The molecule has 9 nitrogen and oxygen atoms in total. The Morgan fingerprint density at radius 1 is 1.06 bits per heavy atom. The van der Waals surface area contributed by atoms with Gasteiger partial charge in [0.25, 0.3) is 17.7 Å². The van der Waals surface area contributed by atoms with E-state index in [0.717, 1.165) is 4.90 Å². The van der Waals surface area contributed by atoms with E-state index < -0.39 is 42.0 Å². The minimum atomic E-state index is -1.18. The highest BCUT2D eigenvalue weighted by molar-refractivity contribution is 8.15. The number of likely N-dealkylation sites (tertiary alicyclic amines) is 1. The summed E-state index contributed by atoms with van der Waals surface area (Å²) in [6, 6.07) is 13.8. The van der Waals surface area contributed by atoms with Gasteiger partial charge in [-0.3, -0.25) is 19.4 Å². The van der Waals surface area contributed by atoms with E-state index >= 15 is 0 Å². The Hall–Kier alpha value is -3.63. The number of halogens is 1. The summed E-state index contributed by atoms with van der Waals surface area (Å²) in [5.41, 5.74) is 0.738. The number of ether oxygens (including phenoxy) is 2. The molecule has 0 bridgehead atoms. The van der Waals surface area contributed by atoms with Gasteiger partial charge in [0.1, 0.15) is 22.8 Å². The molecule has 0 aromatic heterocycles. The number of rotatable bonds is 9. The van der Waals surface area contributed by atoms with Crippen molar-refractivity contribution < 1.29 is 28.7 Å². The zero-order chi connectivity index (χ0) is 25.4. The first-order chi connectivity index (χ1) is 17.4. The molecule has 5 rings (SSSR count). The highest BCUT2D eigenvalue weighted by atomic mass is 35.5. The topological polar surface area (TPSA) is 106 Å². The summed E-state index contributed by atoms with van der Waals surface area (Å²) in [6.45, 7) is 3.44. The summed E-state index contributed by atoms with van der Waals surface area (Å²) in [5.74, 6) is -1.73. The van der Waals surface area contributed by atoms with Crippen LogP contribution in [0.3, 0.4) is 0 Å². The van der Waals surface area contributed by atoms with Crippen LogP contribution in [-0.4, -0.2) is 75.2 Å². The molecule has 3 amide bonds. The minimum Gasteiger partial charge on any atom is -0.487 e. The summed E-state index contributed by atoms with van der Waals surface area (Å²) in [7, 11) is 0. The quantitative estimate of drug-likeness (QED) is 0.163. The first kappa shape index (κ1) is 24.1. The van der Waals surface area contributed by atoms with Crippen molar-refractivity contribution in [3.05, 3.63) is 77.9 Å². The number of carbonyl (C=O) groups excluding carboxylic acids is 4. The average molecular weight is 526 g/mol. The third-order valence-corrected chi connectivity index (χ3v) is 7.54. The number of alkyl halides is 1. The van der Waals surface area contributed by atoms with Gasteiger partial charge < -0.3 is 14.4 Å². The smallest absolute Gasteiger partial charge is 0.335 e. The van der Waals surface area contributed by atoms with Gasteiger partial charge in [-0.25, -0.2) is 9.69 Å². The van der Waals surface area contributed by atoms with Crippen molar-refractivity contribution in [3.63, 3.8) is 0 Å². The molecule has 0 radical (unpaired) electrons. The predicted molar refractivity (Wildman–Crippen MR) is 133 cm³/mol. The zero-order valence-corrected chi connectivity index (χ0v) is 20.4. The van der Waals surface area contributed by atoms with E-state index in [0.29, 0.717) is 10.8 Å². The second-order valence-electron chi connectivity index (χ2n) is 8.19. The third-order valence-electron chi connectivity index (χ3n) is 5.97. The molecule has 0 aliphatic carbocycles. The normalized spacial score (nSPS) is 20.9. The number of amides is 3.